The van der Waals surface area contributed by atoms with Crippen molar-refractivity contribution in [1.82, 2.24) is 0 Å². The first-order chi connectivity index (χ1) is 13.1. The number of hydrogen-bond acceptors (Lipinski definition) is 0. The molecule has 0 spiro atoms. The van der Waals surface area contributed by atoms with Gasteiger partial charge in [0.25, 0.3) is 0 Å². The van der Waals surface area contributed by atoms with E-state index in [1.807, 2.05) is 0 Å². The van der Waals surface area contributed by atoms with Crippen LogP contribution >= 0.6 is 0 Å². The quantitative estimate of drug-likeness (QED) is 0.506. The summed E-state index contributed by atoms with van der Waals surface area (Å²) in [7, 11) is 0. The monoisotopic (exact) mass is 372 g/mol. The molecule has 0 N–H and O–H groups in total. The van der Waals surface area contributed by atoms with Crippen LogP contribution < -0.4 is 0 Å². The Morgan fingerprint density at radius 1 is 0.815 bits per heavy atom. The summed E-state index contributed by atoms with van der Waals surface area (Å²) in [5.74, 6) is -1.61. The van der Waals surface area contributed by atoms with Crippen molar-refractivity contribution >= 4 is 0 Å². The molecular weight excluding hydrogens is 345 g/mol. The number of rotatable bonds is 3. The van der Waals surface area contributed by atoms with Gasteiger partial charge in [0.1, 0.15) is 0 Å². The van der Waals surface area contributed by atoms with E-state index in [0.717, 1.165) is 12.3 Å². The van der Waals surface area contributed by atoms with Crippen LogP contribution in [0.2, 0.25) is 0 Å². The van der Waals surface area contributed by atoms with Crippen molar-refractivity contribution in [3.63, 3.8) is 0 Å². The fourth-order valence-electron chi connectivity index (χ4n) is 5.05. The lowest BCUT2D eigenvalue weighted by Crippen LogP contribution is -2.16. The second-order valence-corrected chi connectivity index (χ2v) is 8.36. The minimum Gasteiger partial charge on any atom is -0.204 e. The predicted molar refractivity (Wildman–Crippen MR) is 103 cm³/mol. The highest BCUT2D eigenvalue weighted by molar-refractivity contribution is 5.37. The highest BCUT2D eigenvalue weighted by Gasteiger charge is 2.27. The number of halogens is 3. The first kappa shape index (κ1) is 18.6. The fraction of sp³-hybridized carbons (Fsp3) is 0.500. The van der Waals surface area contributed by atoms with Crippen LogP contribution in [-0.2, 0) is 12.8 Å². The molecule has 2 aliphatic rings. The van der Waals surface area contributed by atoms with Crippen molar-refractivity contribution in [1.29, 1.82) is 0 Å². The highest BCUT2D eigenvalue weighted by atomic mass is 19.2. The minimum atomic E-state index is -1.34. The molecule has 0 nitrogen and oxygen atoms in total. The van der Waals surface area contributed by atoms with Gasteiger partial charge in [-0.1, -0.05) is 37.6 Å². The Kier molecular flexibility index (Phi) is 5.29. The van der Waals surface area contributed by atoms with Gasteiger partial charge in [-0.3, -0.25) is 0 Å². The smallest absolute Gasteiger partial charge is 0.194 e. The molecule has 2 aromatic carbocycles. The van der Waals surface area contributed by atoms with E-state index in [0.29, 0.717) is 29.9 Å². The highest BCUT2D eigenvalue weighted by Crippen LogP contribution is 2.39. The molecule has 0 radical (unpaired) electrons. The molecular formula is C24H27F3. The van der Waals surface area contributed by atoms with Crippen molar-refractivity contribution in [2.24, 2.45) is 5.92 Å². The number of benzene rings is 2. The SMILES string of the molecule is CCC1CCC(c2ccc(C3CCc4c(cc(F)c(F)c4F)C3)cc2)CC1. The van der Waals surface area contributed by atoms with Crippen LogP contribution in [-0.4, -0.2) is 0 Å². The molecule has 2 aromatic rings. The van der Waals surface area contributed by atoms with Crippen molar-refractivity contribution in [3.05, 3.63) is 70.0 Å². The van der Waals surface area contributed by atoms with E-state index >= 15 is 0 Å². The topological polar surface area (TPSA) is 0 Å². The Morgan fingerprint density at radius 3 is 2.07 bits per heavy atom. The molecule has 0 amide bonds. The average molecular weight is 372 g/mol. The summed E-state index contributed by atoms with van der Waals surface area (Å²) >= 11 is 0. The van der Waals surface area contributed by atoms with E-state index in [-0.39, 0.29) is 5.92 Å². The lowest BCUT2D eigenvalue weighted by molar-refractivity contribution is 0.319. The van der Waals surface area contributed by atoms with Crippen molar-refractivity contribution in [3.8, 4) is 0 Å². The first-order valence-electron chi connectivity index (χ1n) is 10.3. The Bertz CT molecular complexity index is 801. The summed E-state index contributed by atoms with van der Waals surface area (Å²) in [4.78, 5) is 0. The molecule has 2 aliphatic carbocycles. The van der Waals surface area contributed by atoms with Crippen molar-refractivity contribution in [2.45, 2.75) is 70.1 Å². The summed E-state index contributed by atoms with van der Waals surface area (Å²) in [5, 5.41) is 0. The summed E-state index contributed by atoms with van der Waals surface area (Å²) in [6.45, 7) is 2.29. The molecule has 27 heavy (non-hydrogen) atoms. The predicted octanol–water partition coefficient (Wildman–Crippen LogP) is 7.06. The van der Waals surface area contributed by atoms with Gasteiger partial charge in [-0.15, -0.1) is 0 Å². The van der Waals surface area contributed by atoms with Gasteiger partial charge in [0.2, 0.25) is 0 Å². The van der Waals surface area contributed by atoms with Crippen LogP contribution in [0, 0.1) is 23.4 Å². The molecule has 0 aliphatic heterocycles. The van der Waals surface area contributed by atoms with Gasteiger partial charge in [-0.2, -0.15) is 0 Å². The molecule has 1 unspecified atom stereocenters. The van der Waals surface area contributed by atoms with Crippen molar-refractivity contribution < 1.29 is 13.2 Å². The van der Waals surface area contributed by atoms with E-state index in [1.54, 1.807) is 0 Å². The molecule has 1 fully saturated rings. The van der Waals surface area contributed by atoms with Crippen LogP contribution in [0.3, 0.4) is 0 Å². The van der Waals surface area contributed by atoms with Crippen LogP contribution in [0.25, 0.3) is 0 Å². The lowest BCUT2D eigenvalue weighted by atomic mass is 9.76. The third-order valence-electron chi connectivity index (χ3n) is 6.87. The standard InChI is InChI=1S/C24H27F3/c1-2-15-3-5-16(6-4-15)17-7-9-18(10-8-17)19-11-12-21-20(13-19)14-22(25)24(27)23(21)26/h7-10,14-16,19H,2-6,11-13H2,1H3. The van der Waals surface area contributed by atoms with Crippen LogP contribution in [0.4, 0.5) is 13.2 Å². The third-order valence-corrected chi connectivity index (χ3v) is 6.87. The average Bonchev–Trinajstić information content (AvgIpc) is 2.72. The first-order valence-corrected chi connectivity index (χ1v) is 10.3. The fourth-order valence-corrected chi connectivity index (χ4v) is 5.05. The zero-order valence-corrected chi connectivity index (χ0v) is 15.9. The van der Waals surface area contributed by atoms with E-state index in [9.17, 15) is 13.2 Å². The second kappa shape index (κ2) is 7.69. The zero-order chi connectivity index (χ0) is 19.0. The van der Waals surface area contributed by atoms with E-state index in [2.05, 4.69) is 31.2 Å². The van der Waals surface area contributed by atoms with E-state index in [4.69, 9.17) is 0 Å². The minimum absolute atomic E-state index is 0.242. The van der Waals surface area contributed by atoms with Gasteiger partial charge >= 0.3 is 0 Å². The summed E-state index contributed by atoms with van der Waals surface area (Å²) in [6, 6.07) is 10.0. The van der Waals surface area contributed by atoms with Crippen molar-refractivity contribution in [2.75, 3.05) is 0 Å². The van der Waals surface area contributed by atoms with E-state index < -0.39 is 17.5 Å². The van der Waals surface area contributed by atoms with Crippen LogP contribution in [0.5, 0.6) is 0 Å². The van der Waals surface area contributed by atoms with Gasteiger partial charge in [0.15, 0.2) is 17.5 Å². The molecule has 0 bridgehead atoms. The van der Waals surface area contributed by atoms with Crippen LogP contribution in [0.15, 0.2) is 30.3 Å². The molecule has 1 saturated carbocycles. The lowest BCUT2D eigenvalue weighted by Gasteiger charge is -2.29. The van der Waals surface area contributed by atoms with Gasteiger partial charge in [0, 0.05) is 0 Å². The molecule has 0 saturated heterocycles. The molecule has 4 rings (SSSR count). The Balaban J connectivity index is 1.47. The molecule has 0 aromatic heterocycles. The maximum atomic E-state index is 14.0. The van der Waals surface area contributed by atoms with E-state index in [1.165, 1.54) is 49.3 Å². The Labute approximate surface area is 159 Å². The van der Waals surface area contributed by atoms with Gasteiger partial charge < -0.3 is 0 Å². The molecule has 1 atom stereocenters. The zero-order valence-electron chi connectivity index (χ0n) is 15.9. The second-order valence-electron chi connectivity index (χ2n) is 8.36. The molecule has 3 heteroatoms. The number of fused-ring (bicyclic) bond motifs is 1. The third kappa shape index (κ3) is 3.66. The van der Waals surface area contributed by atoms with Gasteiger partial charge in [-0.25, -0.2) is 13.2 Å². The van der Waals surface area contributed by atoms with Gasteiger partial charge in [-0.05, 0) is 91.0 Å². The Hall–Kier alpha value is -1.77. The summed E-state index contributed by atoms with van der Waals surface area (Å²) in [6.07, 6.45) is 8.32. The van der Waals surface area contributed by atoms with Gasteiger partial charge in [0.05, 0.1) is 0 Å². The summed E-state index contributed by atoms with van der Waals surface area (Å²) < 4.78 is 41.0. The normalized spacial score (nSPS) is 25.3. The summed E-state index contributed by atoms with van der Waals surface area (Å²) in [5.41, 5.74) is 3.61. The maximum absolute atomic E-state index is 14.0. The molecule has 144 valence electrons. The number of hydrogen-bond donors (Lipinski definition) is 0. The molecule has 0 heterocycles. The van der Waals surface area contributed by atoms with Crippen LogP contribution in [0.1, 0.15) is 79.5 Å². The largest absolute Gasteiger partial charge is 0.204 e. The Morgan fingerprint density at radius 2 is 1.44 bits per heavy atom. The maximum Gasteiger partial charge on any atom is 0.194 e.